The Morgan fingerprint density at radius 1 is 1.03 bits per heavy atom. The molecule has 6 nitrogen and oxygen atoms in total. The van der Waals surface area contributed by atoms with Gasteiger partial charge in [-0.05, 0) is 49.2 Å². The van der Waals surface area contributed by atoms with Gasteiger partial charge in [-0.2, -0.15) is 0 Å². The molecule has 3 aromatic rings. The zero-order valence-corrected chi connectivity index (χ0v) is 17.5. The van der Waals surface area contributed by atoms with E-state index in [9.17, 15) is 9.18 Å². The molecule has 0 N–H and O–H groups in total. The number of benzene rings is 1. The van der Waals surface area contributed by atoms with Crippen molar-refractivity contribution in [2.24, 2.45) is 5.92 Å². The van der Waals surface area contributed by atoms with E-state index in [1.165, 1.54) is 12.1 Å². The van der Waals surface area contributed by atoms with Crippen LogP contribution in [-0.4, -0.2) is 60.0 Å². The molecular formula is C22H24FN5OS. The van der Waals surface area contributed by atoms with Crippen LogP contribution in [0.1, 0.15) is 12.8 Å². The molecule has 1 amide bonds. The number of nitrogens with zero attached hydrogens (tertiary/aromatic N) is 5. The van der Waals surface area contributed by atoms with E-state index >= 15 is 0 Å². The van der Waals surface area contributed by atoms with Crippen molar-refractivity contribution in [2.75, 3.05) is 49.1 Å². The van der Waals surface area contributed by atoms with Gasteiger partial charge in [-0.25, -0.2) is 14.4 Å². The van der Waals surface area contributed by atoms with Crippen LogP contribution in [0, 0.1) is 11.7 Å². The first kappa shape index (κ1) is 19.2. The third-order valence-corrected chi connectivity index (χ3v) is 7.02. The number of halogens is 1. The molecule has 1 aromatic carbocycles. The minimum absolute atomic E-state index is 0.0103. The van der Waals surface area contributed by atoms with Crippen LogP contribution >= 0.6 is 11.3 Å². The van der Waals surface area contributed by atoms with Crippen LogP contribution in [-0.2, 0) is 4.79 Å². The predicted molar refractivity (Wildman–Crippen MR) is 118 cm³/mol. The van der Waals surface area contributed by atoms with Gasteiger partial charge in [0.1, 0.15) is 16.2 Å². The highest BCUT2D eigenvalue weighted by Crippen LogP contribution is 2.31. The molecule has 5 rings (SSSR count). The van der Waals surface area contributed by atoms with Crippen molar-refractivity contribution in [1.29, 1.82) is 0 Å². The highest BCUT2D eigenvalue weighted by molar-refractivity contribution is 7.21. The van der Waals surface area contributed by atoms with Crippen LogP contribution in [0.25, 0.3) is 10.3 Å². The fourth-order valence-corrected chi connectivity index (χ4v) is 5.28. The summed E-state index contributed by atoms with van der Waals surface area (Å²) >= 11 is 1.60. The van der Waals surface area contributed by atoms with Crippen LogP contribution in [0.15, 0.2) is 42.6 Å². The Kier molecular flexibility index (Phi) is 5.25. The number of carbonyl (C=O) groups is 1. The van der Waals surface area contributed by atoms with Crippen molar-refractivity contribution in [3.63, 3.8) is 0 Å². The number of hydrogen-bond acceptors (Lipinski definition) is 6. The molecule has 2 aliphatic rings. The SMILES string of the molecule is O=C(C1CCCN(c2nc3cccnc3s2)C1)N1CCN(c2ccc(F)cc2)CC1. The second kappa shape index (κ2) is 8.18. The molecule has 2 aliphatic heterocycles. The second-order valence-corrected chi connectivity index (χ2v) is 8.85. The van der Waals surface area contributed by atoms with E-state index in [0.717, 1.165) is 60.2 Å². The molecule has 8 heteroatoms. The van der Waals surface area contributed by atoms with Gasteiger partial charge in [-0.3, -0.25) is 4.79 Å². The van der Waals surface area contributed by atoms with Gasteiger partial charge in [0.2, 0.25) is 5.91 Å². The number of piperidine rings is 1. The van der Waals surface area contributed by atoms with E-state index < -0.39 is 0 Å². The Balaban J connectivity index is 1.21. The van der Waals surface area contributed by atoms with E-state index in [1.54, 1.807) is 29.7 Å². The third kappa shape index (κ3) is 3.84. The molecule has 2 aromatic heterocycles. The molecule has 2 saturated heterocycles. The minimum atomic E-state index is -0.224. The standard InChI is InChI=1S/C22H24FN5OS/c23-17-5-7-18(8-6-17)26-11-13-27(14-12-26)21(29)16-3-2-10-28(15-16)22-25-19-4-1-9-24-20(19)30-22/h1,4-9,16H,2-3,10-15H2. The lowest BCUT2D eigenvalue weighted by molar-refractivity contribution is -0.136. The number of carbonyl (C=O) groups excluding carboxylic acids is 1. The van der Waals surface area contributed by atoms with E-state index in [2.05, 4.69) is 14.8 Å². The van der Waals surface area contributed by atoms with Crippen molar-refractivity contribution in [2.45, 2.75) is 12.8 Å². The van der Waals surface area contributed by atoms with Gasteiger partial charge in [-0.15, -0.1) is 0 Å². The van der Waals surface area contributed by atoms with Crippen LogP contribution in [0.3, 0.4) is 0 Å². The average Bonchev–Trinajstić information content (AvgIpc) is 3.24. The molecule has 0 radical (unpaired) electrons. The molecule has 0 bridgehead atoms. The van der Waals surface area contributed by atoms with Gasteiger partial charge >= 0.3 is 0 Å². The van der Waals surface area contributed by atoms with Crippen molar-refractivity contribution < 1.29 is 9.18 Å². The maximum absolute atomic E-state index is 13.2. The lowest BCUT2D eigenvalue weighted by Gasteiger charge is -2.39. The molecule has 156 valence electrons. The van der Waals surface area contributed by atoms with E-state index in [-0.39, 0.29) is 17.6 Å². The summed E-state index contributed by atoms with van der Waals surface area (Å²) in [5.41, 5.74) is 1.93. The molecule has 0 aliphatic carbocycles. The zero-order chi connectivity index (χ0) is 20.5. The lowest BCUT2D eigenvalue weighted by atomic mass is 9.96. The number of thiazole rings is 1. The minimum Gasteiger partial charge on any atom is -0.368 e. The summed E-state index contributed by atoms with van der Waals surface area (Å²) in [6.07, 6.45) is 3.71. The fourth-order valence-electron chi connectivity index (χ4n) is 4.34. The van der Waals surface area contributed by atoms with E-state index in [1.807, 2.05) is 17.0 Å². The molecule has 4 heterocycles. The number of piperazine rings is 1. The van der Waals surface area contributed by atoms with Crippen molar-refractivity contribution in [3.05, 3.63) is 48.4 Å². The molecule has 0 spiro atoms. The number of pyridine rings is 1. The Morgan fingerprint density at radius 2 is 1.83 bits per heavy atom. The lowest BCUT2D eigenvalue weighted by Crippen LogP contribution is -2.52. The normalized spacial score (nSPS) is 20.0. The second-order valence-electron chi connectivity index (χ2n) is 7.90. The summed E-state index contributed by atoms with van der Waals surface area (Å²) in [7, 11) is 0. The summed E-state index contributed by atoms with van der Waals surface area (Å²) in [6.45, 7) is 4.61. The summed E-state index contributed by atoms with van der Waals surface area (Å²) < 4.78 is 13.2. The van der Waals surface area contributed by atoms with E-state index in [0.29, 0.717) is 13.1 Å². The van der Waals surface area contributed by atoms with Gasteiger partial charge in [0.25, 0.3) is 0 Å². The Morgan fingerprint density at radius 3 is 2.60 bits per heavy atom. The predicted octanol–water partition coefficient (Wildman–Crippen LogP) is 3.40. The smallest absolute Gasteiger partial charge is 0.227 e. The monoisotopic (exact) mass is 425 g/mol. The van der Waals surface area contributed by atoms with E-state index in [4.69, 9.17) is 4.98 Å². The third-order valence-electron chi connectivity index (χ3n) is 5.98. The van der Waals surface area contributed by atoms with Gasteiger partial charge in [0, 0.05) is 51.2 Å². The molecular weight excluding hydrogens is 401 g/mol. The molecule has 2 fully saturated rings. The van der Waals surface area contributed by atoms with Crippen LogP contribution in [0.5, 0.6) is 0 Å². The van der Waals surface area contributed by atoms with Gasteiger partial charge in [0.15, 0.2) is 5.13 Å². The maximum atomic E-state index is 13.2. The van der Waals surface area contributed by atoms with Gasteiger partial charge in [-0.1, -0.05) is 11.3 Å². The quantitative estimate of drug-likeness (QED) is 0.644. The fraction of sp³-hybridized carbons (Fsp3) is 0.409. The topological polar surface area (TPSA) is 52.6 Å². The van der Waals surface area contributed by atoms with Crippen LogP contribution in [0.2, 0.25) is 0 Å². The largest absolute Gasteiger partial charge is 0.368 e. The van der Waals surface area contributed by atoms with Gasteiger partial charge < -0.3 is 14.7 Å². The Hall–Kier alpha value is -2.74. The summed E-state index contributed by atoms with van der Waals surface area (Å²) in [5, 5.41) is 0.960. The number of amides is 1. The molecule has 0 saturated carbocycles. The highest BCUT2D eigenvalue weighted by Gasteiger charge is 2.32. The molecule has 1 unspecified atom stereocenters. The van der Waals surface area contributed by atoms with Crippen molar-refractivity contribution in [1.82, 2.24) is 14.9 Å². The molecule has 1 atom stereocenters. The van der Waals surface area contributed by atoms with Crippen molar-refractivity contribution in [3.8, 4) is 0 Å². The van der Waals surface area contributed by atoms with Crippen LogP contribution in [0.4, 0.5) is 15.2 Å². The number of fused-ring (bicyclic) bond motifs is 1. The van der Waals surface area contributed by atoms with Gasteiger partial charge in [0.05, 0.1) is 5.92 Å². The number of hydrogen-bond donors (Lipinski definition) is 0. The van der Waals surface area contributed by atoms with Crippen LogP contribution < -0.4 is 9.80 Å². The Bertz CT molecular complexity index is 998. The summed E-state index contributed by atoms with van der Waals surface area (Å²) in [4.78, 5) is 29.7. The summed E-state index contributed by atoms with van der Waals surface area (Å²) in [5.74, 6) is 0.0344. The average molecular weight is 426 g/mol. The Labute approximate surface area is 178 Å². The summed E-state index contributed by atoms with van der Waals surface area (Å²) in [6, 6.07) is 10.5. The maximum Gasteiger partial charge on any atom is 0.227 e. The molecule has 30 heavy (non-hydrogen) atoms. The number of aromatic nitrogens is 2. The number of rotatable bonds is 3. The first-order chi connectivity index (χ1) is 14.7. The first-order valence-corrected chi connectivity index (χ1v) is 11.2. The van der Waals surface area contributed by atoms with Crippen molar-refractivity contribution >= 4 is 38.4 Å². The zero-order valence-electron chi connectivity index (χ0n) is 16.7. The highest BCUT2D eigenvalue weighted by atomic mass is 32.1. The first-order valence-electron chi connectivity index (χ1n) is 10.4. The number of anilines is 2.